The normalized spacial score (nSPS) is 18.6. The molecule has 1 atom stereocenters. The number of halogens is 1. The summed E-state index contributed by atoms with van der Waals surface area (Å²) in [5, 5.41) is 0. The van der Waals surface area contributed by atoms with Crippen molar-refractivity contribution in [3.05, 3.63) is 29.8 Å². The molecule has 1 unspecified atom stereocenters. The van der Waals surface area contributed by atoms with Gasteiger partial charge in [0.25, 0.3) is 0 Å². The average Bonchev–Trinajstić information content (AvgIpc) is 2.93. The zero-order chi connectivity index (χ0) is 13.7. The Hall–Kier alpha value is -1.22. The van der Waals surface area contributed by atoms with Gasteiger partial charge in [0.1, 0.15) is 5.75 Å². The molecular weight excluding hydrogens is 262 g/mol. The number of nitrogens with zero attached hydrogens (tertiary/aromatic N) is 1. The van der Waals surface area contributed by atoms with Crippen molar-refractivity contribution in [3.63, 3.8) is 0 Å². The number of likely N-dealkylation sites (tertiary alicyclic amines) is 1. The summed E-state index contributed by atoms with van der Waals surface area (Å²) in [6.07, 6.45) is 3.44. The van der Waals surface area contributed by atoms with Gasteiger partial charge < -0.3 is 9.64 Å². The number of rotatable bonds is 5. The number of benzene rings is 1. The quantitative estimate of drug-likeness (QED) is 0.777. The fourth-order valence-corrected chi connectivity index (χ4v) is 2.83. The van der Waals surface area contributed by atoms with E-state index in [4.69, 9.17) is 16.3 Å². The van der Waals surface area contributed by atoms with Gasteiger partial charge in [-0.05, 0) is 37.0 Å². The summed E-state index contributed by atoms with van der Waals surface area (Å²) in [6, 6.07) is 8.11. The molecule has 1 amide bonds. The SMILES string of the molecule is COc1ccc(CCC(=O)N2CCCC2CCl)cc1. The van der Waals surface area contributed by atoms with Crippen LogP contribution in [0.15, 0.2) is 24.3 Å². The van der Waals surface area contributed by atoms with Crippen molar-refractivity contribution in [1.29, 1.82) is 0 Å². The van der Waals surface area contributed by atoms with Gasteiger partial charge in [0, 0.05) is 24.9 Å². The van der Waals surface area contributed by atoms with Crippen molar-refractivity contribution in [2.75, 3.05) is 19.5 Å². The van der Waals surface area contributed by atoms with Gasteiger partial charge in [-0.2, -0.15) is 0 Å². The highest BCUT2D eigenvalue weighted by Gasteiger charge is 2.27. The molecule has 0 aromatic heterocycles. The van der Waals surface area contributed by atoms with Gasteiger partial charge >= 0.3 is 0 Å². The van der Waals surface area contributed by atoms with Crippen LogP contribution >= 0.6 is 11.6 Å². The summed E-state index contributed by atoms with van der Waals surface area (Å²) < 4.78 is 5.11. The van der Waals surface area contributed by atoms with Gasteiger partial charge in [0.05, 0.1) is 7.11 Å². The standard InChI is InChI=1S/C15H20ClNO2/c1-19-14-7-4-12(5-8-14)6-9-15(18)17-10-2-3-13(17)11-16/h4-5,7-8,13H,2-3,6,9-11H2,1H3. The van der Waals surface area contributed by atoms with Crippen LogP contribution in [-0.2, 0) is 11.2 Å². The molecule has 4 heteroatoms. The molecule has 0 saturated carbocycles. The minimum atomic E-state index is 0.221. The van der Waals surface area contributed by atoms with E-state index in [1.807, 2.05) is 29.2 Å². The predicted molar refractivity (Wildman–Crippen MR) is 76.8 cm³/mol. The molecule has 1 aromatic carbocycles. The van der Waals surface area contributed by atoms with Crippen molar-refractivity contribution in [2.24, 2.45) is 0 Å². The van der Waals surface area contributed by atoms with E-state index in [9.17, 15) is 4.79 Å². The van der Waals surface area contributed by atoms with Crippen LogP contribution in [0.2, 0.25) is 0 Å². The van der Waals surface area contributed by atoms with Crippen LogP contribution < -0.4 is 4.74 Å². The molecule has 3 nitrogen and oxygen atoms in total. The summed E-state index contributed by atoms with van der Waals surface area (Å²) in [5.74, 6) is 1.62. The van der Waals surface area contributed by atoms with Crippen LogP contribution in [-0.4, -0.2) is 36.4 Å². The fraction of sp³-hybridized carbons (Fsp3) is 0.533. The van der Waals surface area contributed by atoms with Gasteiger partial charge in [-0.25, -0.2) is 0 Å². The highest BCUT2D eigenvalue weighted by atomic mass is 35.5. The molecule has 19 heavy (non-hydrogen) atoms. The van der Waals surface area contributed by atoms with E-state index in [-0.39, 0.29) is 11.9 Å². The number of methoxy groups -OCH3 is 1. The van der Waals surface area contributed by atoms with Gasteiger partial charge in [-0.15, -0.1) is 11.6 Å². The topological polar surface area (TPSA) is 29.5 Å². The van der Waals surface area contributed by atoms with Crippen molar-refractivity contribution >= 4 is 17.5 Å². The summed E-state index contributed by atoms with van der Waals surface area (Å²) in [5.41, 5.74) is 1.16. The highest BCUT2D eigenvalue weighted by Crippen LogP contribution is 2.20. The Bertz CT molecular complexity index is 419. The second kappa shape index (κ2) is 6.80. The lowest BCUT2D eigenvalue weighted by molar-refractivity contribution is -0.131. The van der Waals surface area contributed by atoms with E-state index < -0.39 is 0 Å². The average molecular weight is 282 g/mol. The Labute approximate surface area is 119 Å². The maximum atomic E-state index is 12.2. The van der Waals surface area contributed by atoms with Crippen molar-refractivity contribution < 1.29 is 9.53 Å². The van der Waals surface area contributed by atoms with E-state index >= 15 is 0 Å². The molecule has 0 aliphatic carbocycles. The maximum absolute atomic E-state index is 12.2. The number of alkyl halides is 1. The largest absolute Gasteiger partial charge is 0.497 e. The van der Waals surface area contributed by atoms with Gasteiger partial charge in [-0.1, -0.05) is 12.1 Å². The summed E-state index contributed by atoms with van der Waals surface area (Å²) in [6.45, 7) is 0.860. The van der Waals surface area contributed by atoms with E-state index in [0.29, 0.717) is 12.3 Å². The van der Waals surface area contributed by atoms with E-state index in [2.05, 4.69) is 0 Å². The summed E-state index contributed by atoms with van der Waals surface area (Å²) in [7, 11) is 1.65. The lowest BCUT2D eigenvalue weighted by Gasteiger charge is -2.22. The predicted octanol–water partition coefficient (Wildman–Crippen LogP) is 2.86. The Morgan fingerprint density at radius 3 is 2.79 bits per heavy atom. The maximum Gasteiger partial charge on any atom is 0.223 e. The second-order valence-electron chi connectivity index (χ2n) is 4.89. The molecule has 104 valence electrons. The highest BCUT2D eigenvalue weighted by molar-refractivity contribution is 6.18. The number of aryl methyl sites for hydroxylation is 1. The van der Waals surface area contributed by atoms with Crippen LogP contribution in [0.25, 0.3) is 0 Å². The van der Waals surface area contributed by atoms with Crippen LogP contribution in [0, 0.1) is 0 Å². The Balaban J connectivity index is 1.85. The first-order valence-electron chi connectivity index (χ1n) is 6.73. The smallest absolute Gasteiger partial charge is 0.223 e. The monoisotopic (exact) mass is 281 g/mol. The molecule has 2 rings (SSSR count). The van der Waals surface area contributed by atoms with Gasteiger partial charge in [-0.3, -0.25) is 4.79 Å². The third-order valence-corrected chi connectivity index (χ3v) is 4.02. The Kier molecular flexibility index (Phi) is 5.08. The van der Waals surface area contributed by atoms with Crippen molar-refractivity contribution in [1.82, 2.24) is 4.90 Å². The van der Waals surface area contributed by atoms with Crippen LogP contribution in [0.4, 0.5) is 0 Å². The van der Waals surface area contributed by atoms with Gasteiger partial charge in [0.2, 0.25) is 5.91 Å². The van der Waals surface area contributed by atoms with Crippen LogP contribution in [0.3, 0.4) is 0 Å². The molecule has 1 saturated heterocycles. The first-order chi connectivity index (χ1) is 9.24. The number of amides is 1. The zero-order valence-electron chi connectivity index (χ0n) is 11.3. The fourth-order valence-electron chi connectivity index (χ4n) is 2.51. The summed E-state index contributed by atoms with van der Waals surface area (Å²) in [4.78, 5) is 14.1. The van der Waals surface area contributed by atoms with E-state index in [0.717, 1.165) is 37.1 Å². The van der Waals surface area contributed by atoms with E-state index in [1.54, 1.807) is 7.11 Å². The lowest BCUT2D eigenvalue weighted by Crippen LogP contribution is -2.36. The zero-order valence-corrected chi connectivity index (χ0v) is 12.0. The molecule has 1 aliphatic rings. The number of hydrogen-bond donors (Lipinski definition) is 0. The number of carbonyl (C=O) groups excluding carboxylic acids is 1. The molecule has 1 aliphatic heterocycles. The number of carbonyl (C=O) groups is 1. The molecule has 1 aromatic rings. The third-order valence-electron chi connectivity index (χ3n) is 3.66. The Morgan fingerprint density at radius 2 is 2.16 bits per heavy atom. The molecule has 0 radical (unpaired) electrons. The minimum absolute atomic E-state index is 0.221. The van der Waals surface area contributed by atoms with Crippen LogP contribution in [0.5, 0.6) is 5.75 Å². The van der Waals surface area contributed by atoms with Gasteiger partial charge in [0.15, 0.2) is 0 Å². The first kappa shape index (κ1) is 14.2. The van der Waals surface area contributed by atoms with E-state index in [1.165, 1.54) is 0 Å². The van der Waals surface area contributed by atoms with Crippen LogP contribution in [0.1, 0.15) is 24.8 Å². The minimum Gasteiger partial charge on any atom is -0.497 e. The molecule has 0 bridgehead atoms. The first-order valence-corrected chi connectivity index (χ1v) is 7.26. The second-order valence-corrected chi connectivity index (χ2v) is 5.19. The molecule has 1 fully saturated rings. The van der Waals surface area contributed by atoms with Crippen molar-refractivity contribution in [3.8, 4) is 5.75 Å². The Morgan fingerprint density at radius 1 is 1.42 bits per heavy atom. The summed E-state index contributed by atoms with van der Waals surface area (Å²) >= 11 is 5.89. The molecule has 0 spiro atoms. The van der Waals surface area contributed by atoms with Crippen molar-refractivity contribution in [2.45, 2.75) is 31.7 Å². The lowest BCUT2D eigenvalue weighted by atomic mass is 10.1. The third kappa shape index (κ3) is 3.63. The number of hydrogen-bond acceptors (Lipinski definition) is 2. The molecular formula is C15H20ClNO2. The molecule has 1 heterocycles. The number of ether oxygens (including phenoxy) is 1. The molecule has 0 N–H and O–H groups in total.